The van der Waals surface area contributed by atoms with Gasteiger partial charge in [0.2, 0.25) is 0 Å². The molecule has 5 heterocycles. The molecule has 2 aliphatic heterocycles. The quantitative estimate of drug-likeness (QED) is 0.129. The minimum Gasteiger partial charge on any atom is -0.657 e. The maximum Gasteiger partial charge on any atom is 2.00 e. The van der Waals surface area contributed by atoms with Crippen LogP contribution in [-0.4, -0.2) is 9.97 Å². The van der Waals surface area contributed by atoms with Gasteiger partial charge in [0.05, 0.1) is 46.0 Å². The first-order valence-corrected chi connectivity index (χ1v) is 22.6. The molecule has 64 heavy (non-hydrogen) atoms. The van der Waals surface area contributed by atoms with Gasteiger partial charge in [-0.15, -0.1) is 22.1 Å². The van der Waals surface area contributed by atoms with Crippen LogP contribution >= 0.6 is 22.6 Å². The zero-order valence-electron chi connectivity index (χ0n) is 38.7. The van der Waals surface area contributed by atoms with E-state index in [1.165, 1.54) is 22.3 Å². The summed E-state index contributed by atoms with van der Waals surface area (Å²) in [5, 5.41) is 20.3. The van der Waals surface area contributed by atoms with Gasteiger partial charge in [0, 0.05) is 3.57 Å². The normalized spacial score (nSPS) is 12.8. The number of rotatable bonds is 3. The van der Waals surface area contributed by atoms with Gasteiger partial charge in [-0.1, -0.05) is 144 Å². The van der Waals surface area contributed by atoms with Crippen molar-refractivity contribution in [1.29, 1.82) is 10.5 Å². The predicted molar refractivity (Wildman–Crippen MR) is 270 cm³/mol. The molecule has 8 rings (SSSR count). The van der Waals surface area contributed by atoms with E-state index in [0.717, 1.165) is 65.0 Å². The zero-order valence-corrected chi connectivity index (χ0v) is 41.8. The van der Waals surface area contributed by atoms with E-state index in [2.05, 4.69) is 191 Å². The minimum absolute atomic E-state index is 0. The van der Waals surface area contributed by atoms with Crippen molar-refractivity contribution in [3.63, 3.8) is 0 Å². The third-order valence-corrected chi connectivity index (χ3v) is 13.0. The SMILES string of the molecule is CC(C)(C)c1cc(-c2c3nc(c(-c4cc(C#N)cc(C#N)c4)c4ccc([n-]4)c(-c4cc(C(C)(C)C)cc(C(C)(C)C)c4)c4nc(c(I)c5ccc2[n-]5)C=C4)C=C3)cc(C(C)(C)C)c1.[Cu+2]. The summed E-state index contributed by atoms with van der Waals surface area (Å²) < 4.78 is 0.946. The van der Waals surface area contributed by atoms with Crippen LogP contribution in [0.3, 0.4) is 0 Å². The number of fused-ring (bicyclic) bond motifs is 8. The Hall–Kier alpha value is -5.51. The first-order valence-electron chi connectivity index (χ1n) is 21.5. The molecule has 0 saturated heterocycles. The van der Waals surface area contributed by atoms with Crippen LogP contribution in [0.4, 0.5) is 0 Å². The van der Waals surface area contributed by atoms with Crippen LogP contribution < -0.4 is 9.97 Å². The topological polar surface area (TPSA) is 102 Å². The maximum absolute atomic E-state index is 10.2. The Morgan fingerprint density at radius 1 is 0.422 bits per heavy atom. The molecular formula is C56H53CuIN6. The summed E-state index contributed by atoms with van der Waals surface area (Å²) >= 11 is 2.39. The molecule has 0 spiro atoms. The molecule has 3 aromatic heterocycles. The molecule has 0 saturated carbocycles. The van der Waals surface area contributed by atoms with E-state index in [1.54, 1.807) is 6.07 Å². The van der Waals surface area contributed by atoms with Crippen LogP contribution in [-0.2, 0) is 38.7 Å². The van der Waals surface area contributed by atoms with E-state index in [-0.39, 0.29) is 38.7 Å². The summed E-state index contributed by atoms with van der Waals surface area (Å²) in [6, 6.07) is 31.9. The fourth-order valence-electron chi connectivity index (χ4n) is 8.12. The van der Waals surface area contributed by atoms with Crippen molar-refractivity contribution in [2.75, 3.05) is 0 Å². The third-order valence-electron chi connectivity index (χ3n) is 11.9. The van der Waals surface area contributed by atoms with E-state index in [0.29, 0.717) is 27.9 Å². The summed E-state index contributed by atoms with van der Waals surface area (Å²) in [6.45, 7) is 27.0. The number of hydrogen-bond donors (Lipinski definition) is 0. The maximum atomic E-state index is 10.2. The summed E-state index contributed by atoms with van der Waals surface area (Å²) in [7, 11) is 0. The van der Waals surface area contributed by atoms with E-state index < -0.39 is 0 Å². The van der Waals surface area contributed by atoms with Gasteiger partial charge in [-0.2, -0.15) is 10.5 Å². The molecule has 0 amide bonds. The first kappa shape index (κ1) is 46.5. The van der Waals surface area contributed by atoms with E-state index in [9.17, 15) is 10.5 Å². The summed E-state index contributed by atoms with van der Waals surface area (Å²) in [5.41, 5.74) is 16.7. The van der Waals surface area contributed by atoms with Gasteiger partial charge >= 0.3 is 17.1 Å². The Balaban J connectivity index is 0.00000612. The molecule has 325 valence electrons. The van der Waals surface area contributed by atoms with Crippen molar-refractivity contribution >= 4 is 69.0 Å². The Bertz CT molecular complexity index is 3020. The van der Waals surface area contributed by atoms with Gasteiger partial charge in [0.1, 0.15) is 0 Å². The van der Waals surface area contributed by atoms with Crippen LogP contribution in [0.1, 0.15) is 139 Å². The van der Waals surface area contributed by atoms with E-state index >= 15 is 0 Å². The fourth-order valence-corrected chi connectivity index (χ4v) is 8.72. The second-order valence-corrected chi connectivity index (χ2v) is 22.0. The van der Waals surface area contributed by atoms with Gasteiger partial charge in [-0.25, -0.2) is 9.97 Å². The number of nitrogens with zero attached hydrogens (tertiary/aromatic N) is 6. The van der Waals surface area contributed by atoms with Crippen LogP contribution in [0.5, 0.6) is 0 Å². The molecule has 6 aromatic rings. The van der Waals surface area contributed by atoms with Crippen LogP contribution in [0, 0.1) is 26.2 Å². The van der Waals surface area contributed by atoms with Gasteiger partial charge in [0.25, 0.3) is 0 Å². The zero-order chi connectivity index (χ0) is 45.4. The van der Waals surface area contributed by atoms with E-state index in [4.69, 9.17) is 19.9 Å². The average Bonchev–Trinajstić information content (AvgIpc) is 4.06. The second kappa shape index (κ2) is 16.8. The van der Waals surface area contributed by atoms with Crippen molar-refractivity contribution in [1.82, 2.24) is 19.9 Å². The van der Waals surface area contributed by atoms with Crippen LogP contribution in [0.15, 0.2) is 78.9 Å². The molecule has 8 heteroatoms. The van der Waals surface area contributed by atoms with Crippen molar-refractivity contribution in [2.24, 2.45) is 0 Å². The number of nitriles is 2. The van der Waals surface area contributed by atoms with E-state index in [1.807, 2.05) is 24.3 Å². The Kier molecular flexibility index (Phi) is 12.2. The molecule has 2 aliphatic rings. The molecule has 6 nitrogen and oxygen atoms in total. The molecule has 1 radical (unpaired) electrons. The standard InChI is InChI=1S/C56H53IN6.Cu/c1-53(2,3)37-24-35(25-38(28-37)54(4,5)6)50-43-15-13-41(60-43)49(34-22-32(30-58)21-33(23-34)31-59)42-14-16-44(61-42)51(36-26-39(55(7,8)9)29-40(27-36)56(10,11)12)46-18-20-48(63-46)52(57)47-19-17-45(50)62-47;/h13-29H,1-12H3;/q-2;+2. The molecule has 0 unspecified atom stereocenters. The Morgan fingerprint density at radius 3 is 1.06 bits per heavy atom. The van der Waals surface area contributed by atoms with Crippen LogP contribution in [0.25, 0.3) is 79.8 Å². The van der Waals surface area contributed by atoms with Crippen LogP contribution in [0.2, 0.25) is 0 Å². The Morgan fingerprint density at radius 2 is 0.719 bits per heavy atom. The summed E-state index contributed by atoms with van der Waals surface area (Å²) in [4.78, 5) is 21.6. The number of aromatic nitrogens is 4. The van der Waals surface area contributed by atoms with Crippen molar-refractivity contribution < 1.29 is 17.1 Å². The molecule has 8 bridgehead atoms. The Labute approximate surface area is 402 Å². The number of benzene rings is 3. The first-order chi connectivity index (χ1) is 29.5. The number of hydrogen-bond acceptors (Lipinski definition) is 4. The van der Waals surface area contributed by atoms with Gasteiger partial charge in [-0.05, 0) is 142 Å². The van der Waals surface area contributed by atoms with Gasteiger partial charge in [-0.3, -0.25) is 0 Å². The fraction of sp³-hybridized carbons (Fsp3) is 0.286. The molecule has 0 N–H and O–H groups in total. The van der Waals surface area contributed by atoms with Gasteiger partial charge < -0.3 is 9.97 Å². The van der Waals surface area contributed by atoms with Gasteiger partial charge in [0.15, 0.2) is 0 Å². The second-order valence-electron chi connectivity index (χ2n) is 20.9. The monoisotopic (exact) mass is 999 g/mol. The average molecular weight is 1000 g/mol. The van der Waals surface area contributed by atoms with Crippen molar-refractivity contribution in [3.8, 4) is 45.5 Å². The predicted octanol–water partition coefficient (Wildman–Crippen LogP) is 14.5. The smallest absolute Gasteiger partial charge is 0.657 e. The van der Waals surface area contributed by atoms with Crippen molar-refractivity contribution in [2.45, 2.75) is 105 Å². The third kappa shape index (κ3) is 9.07. The largest absolute Gasteiger partial charge is 2.00 e. The molecule has 0 aliphatic carbocycles. The van der Waals surface area contributed by atoms with Crippen molar-refractivity contribution in [3.05, 3.63) is 139 Å². The molecular weight excluding hydrogens is 947 g/mol. The molecule has 0 fully saturated rings. The summed E-state index contributed by atoms with van der Waals surface area (Å²) in [5.74, 6) is 0. The molecule has 3 aromatic carbocycles. The number of halogens is 1. The molecule has 0 atom stereocenters. The summed E-state index contributed by atoms with van der Waals surface area (Å²) in [6.07, 6.45) is 8.26. The minimum atomic E-state index is -0.112.